The normalized spacial score (nSPS) is 10.6. The molecule has 4 nitrogen and oxygen atoms in total. The highest BCUT2D eigenvalue weighted by atomic mass is 16.2. The molecule has 0 saturated heterocycles. The zero-order chi connectivity index (χ0) is 12.0. The van der Waals surface area contributed by atoms with Gasteiger partial charge in [0.25, 0.3) is 0 Å². The number of rotatable bonds is 4. The molecule has 0 atom stereocenters. The maximum Gasteiger partial charge on any atom is 0.245 e. The van der Waals surface area contributed by atoms with Crippen LogP contribution in [0.2, 0.25) is 0 Å². The van der Waals surface area contributed by atoms with Gasteiger partial charge in [-0.3, -0.25) is 4.79 Å². The van der Waals surface area contributed by atoms with Gasteiger partial charge in [0.1, 0.15) is 11.2 Å². The summed E-state index contributed by atoms with van der Waals surface area (Å²) in [5.41, 5.74) is -0.947. The van der Waals surface area contributed by atoms with Gasteiger partial charge < -0.3 is 5.32 Å². The summed E-state index contributed by atoms with van der Waals surface area (Å²) in [6.45, 7) is 3.68. The van der Waals surface area contributed by atoms with Gasteiger partial charge in [-0.2, -0.15) is 5.26 Å². The summed E-state index contributed by atoms with van der Waals surface area (Å²) in [7, 11) is 0. The highest BCUT2D eigenvalue weighted by molar-refractivity contribution is 5.96. The Morgan fingerprint density at radius 3 is 2.62 bits per heavy atom. The maximum atomic E-state index is 12.0. The van der Waals surface area contributed by atoms with Crippen molar-refractivity contribution in [1.82, 2.24) is 4.98 Å². The van der Waals surface area contributed by atoms with Crippen molar-refractivity contribution in [2.24, 2.45) is 5.41 Å². The fourth-order valence-electron chi connectivity index (χ4n) is 1.45. The summed E-state index contributed by atoms with van der Waals surface area (Å²) in [5.74, 6) is 0.202. The Bertz CT molecular complexity index is 390. The molecule has 1 heterocycles. The molecule has 0 radical (unpaired) electrons. The van der Waals surface area contributed by atoms with Crippen LogP contribution in [0.15, 0.2) is 24.4 Å². The first-order chi connectivity index (χ1) is 7.68. The second-order valence-corrected chi connectivity index (χ2v) is 3.57. The highest BCUT2D eigenvalue weighted by Gasteiger charge is 2.35. The quantitative estimate of drug-likeness (QED) is 0.841. The van der Waals surface area contributed by atoms with Crippen LogP contribution in [-0.2, 0) is 4.79 Å². The van der Waals surface area contributed by atoms with Gasteiger partial charge in [-0.25, -0.2) is 4.98 Å². The van der Waals surface area contributed by atoms with Crippen molar-refractivity contribution < 1.29 is 4.79 Å². The number of pyridine rings is 1. The topological polar surface area (TPSA) is 65.8 Å². The van der Waals surface area contributed by atoms with Gasteiger partial charge in [0, 0.05) is 6.20 Å². The zero-order valence-corrected chi connectivity index (χ0v) is 9.53. The number of carbonyl (C=O) groups is 1. The van der Waals surface area contributed by atoms with Crippen molar-refractivity contribution in [2.75, 3.05) is 5.32 Å². The Kier molecular flexibility index (Phi) is 4.01. The number of aromatic nitrogens is 1. The number of hydrogen-bond donors (Lipinski definition) is 1. The minimum atomic E-state index is -0.947. The fraction of sp³-hybridized carbons (Fsp3) is 0.417. The van der Waals surface area contributed by atoms with Crippen LogP contribution in [0.4, 0.5) is 5.82 Å². The summed E-state index contributed by atoms with van der Waals surface area (Å²) in [6.07, 6.45) is 2.60. The lowest BCUT2D eigenvalue weighted by atomic mass is 9.83. The molecular weight excluding hydrogens is 202 g/mol. The monoisotopic (exact) mass is 217 g/mol. The molecule has 1 rings (SSSR count). The summed E-state index contributed by atoms with van der Waals surface area (Å²) in [6, 6.07) is 7.35. The van der Waals surface area contributed by atoms with Gasteiger partial charge in [0.05, 0.1) is 6.07 Å². The average molecular weight is 217 g/mol. The summed E-state index contributed by atoms with van der Waals surface area (Å²) < 4.78 is 0. The molecule has 0 aromatic carbocycles. The summed E-state index contributed by atoms with van der Waals surface area (Å²) in [4.78, 5) is 15.9. The minimum absolute atomic E-state index is 0.279. The van der Waals surface area contributed by atoms with Gasteiger partial charge >= 0.3 is 0 Å². The Morgan fingerprint density at radius 2 is 2.19 bits per heavy atom. The average Bonchev–Trinajstić information content (AvgIpc) is 2.33. The van der Waals surface area contributed by atoms with E-state index in [0.717, 1.165) is 0 Å². The third kappa shape index (κ3) is 2.37. The minimum Gasteiger partial charge on any atom is -0.309 e. The standard InChI is InChI=1S/C12H15N3O/c1-3-12(4-2,9-13)11(16)15-10-7-5-6-8-14-10/h5-8H,3-4H2,1-2H3,(H,14,15,16). The van der Waals surface area contributed by atoms with Crippen LogP contribution in [0.1, 0.15) is 26.7 Å². The van der Waals surface area contributed by atoms with Crippen molar-refractivity contribution in [2.45, 2.75) is 26.7 Å². The second-order valence-electron chi connectivity index (χ2n) is 3.57. The Hall–Kier alpha value is -1.89. The van der Waals surface area contributed by atoms with Crippen molar-refractivity contribution in [3.8, 4) is 6.07 Å². The van der Waals surface area contributed by atoms with E-state index in [-0.39, 0.29) is 5.91 Å². The SMILES string of the molecule is CCC(C#N)(CC)C(=O)Nc1ccccn1. The number of carbonyl (C=O) groups excluding carboxylic acids is 1. The first kappa shape index (κ1) is 12.2. The number of hydrogen-bond acceptors (Lipinski definition) is 3. The van der Waals surface area contributed by atoms with Crippen LogP contribution in [0.5, 0.6) is 0 Å². The predicted octanol–water partition coefficient (Wildman–Crippen LogP) is 2.35. The molecule has 1 aromatic heterocycles. The largest absolute Gasteiger partial charge is 0.309 e. The smallest absolute Gasteiger partial charge is 0.245 e. The lowest BCUT2D eigenvalue weighted by Gasteiger charge is -2.21. The summed E-state index contributed by atoms with van der Waals surface area (Å²) in [5, 5.41) is 11.8. The van der Waals surface area contributed by atoms with E-state index in [2.05, 4.69) is 16.4 Å². The van der Waals surface area contributed by atoms with Crippen LogP contribution in [-0.4, -0.2) is 10.9 Å². The van der Waals surface area contributed by atoms with Crippen LogP contribution >= 0.6 is 0 Å². The molecule has 1 amide bonds. The van der Waals surface area contributed by atoms with Crippen LogP contribution < -0.4 is 5.32 Å². The number of anilines is 1. The molecule has 1 aromatic rings. The van der Waals surface area contributed by atoms with Crippen LogP contribution in [0, 0.1) is 16.7 Å². The van der Waals surface area contributed by atoms with E-state index in [4.69, 9.17) is 5.26 Å². The third-order valence-electron chi connectivity index (χ3n) is 2.76. The van der Waals surface area contributed by atoms with E-state index in [1.54, 1.807) is 24.4 Å². The van der Waals surface area contributed by atoms with Crippen molar-refractivity contribution in [3.05, 3.63) is 24.4 Å². The molecule has 0 saturated carbocycles. The molecular formula is C12H15N3O. The molecule has 0 aliphatic carbocycles. The Labute approximate surface area is 95.3 Å². The Balaban J connectivity index is 2.83. The number of nitriles is 1. The van der Waals surface area contributed by atoms with E-state index in [0.29, 0.717) is 18.7 Å². The van der Waals surface area contributed by atoms with E-state index >= 15 is 0 Å². The van der Waals surface area contributed by atoms with Gasteiger partial charge in [0.2, 0.25) is 5.91 Å². The zero-order valence-electron chi connectivity index (χ0n) is 9.53. The fourth-order valence-corrected chi connectivity index (χ4v) is 1.45. The van der Waals surface area contributed by atoms with E-state index in [1.165, 1.54) is 0 Å². The van der Waals surface area contributed by atoms with E-state index in [1.807, 2.05) is 13.8 Å². The lowest BCUT2D eigenvalue weighted by molar-refractivity contribution is -0.123. The first-order valence-electron chi connectivity index (χ1n) is 5.32. The predicted molar refractivity (Wildman–Crippen MR) is 61.5 cm³/mol. The molecule has 0 fully saturated rings. The van der Waals surface area contributed by atoms with Crippen molar-refractivity contribution in [1.29, 1.82) is 5.26 Å². The van der Waals surface area contributed by atoms with Crippen molar-refractivity contribution >= 4 is 11.7 Å². The van der Waals surface area contributed by atoms with Crippen LogP contribution in [0.25, 0.3) is 0 Å². The lowest BCUT2D eigenvalue weighted by Crippen LogP contribution is -2.34. The summed E-state index contributed by atoms with van der Waals surface area (Å²) >= 11 is 0. The molecule has 0 bridgehead atoms. The van der Waals surface area contributed by atoms with Gasteiger partial charge in [-0.1, -0.05) is 19.9 Å². The second kappa shape index (κ2) is 5.26. The molecule has 4 heteroatoms. The third-order valence-corrected chi connectivity index (χ3v) is 2.76. The highest BCUT2D eigenvalue weighted by Crippen LogP contribution is 2.26. The first-order valence-corrected chi connectivity index (χ1v) is 5.32. The number of amides is 1. The molecule has 0 spiro atoms. The van der Waals surface area contributed by atoms with Crippen molar-refractivity contribution in [3.63, 3.8) is 0 Å². The molecule has 0 aliphatic heterocycles. The molecule has 16 heavy (non-hydrogen) atoms. The molecule has 1 N–H and O–H groups in total. The molecule has 84 valence electrons. The number of nitrogens with one attached hydrogen (secondary N) is 1. The van der Waals surface area contributed by atoms with E-state index < -0.39 is 5.41 Å². The molecule has 0 aliphatic rings. The Morgan fingerprint density at radius 1 is 1.50 bits per heavy atom. The van der Waals surface area contributed by atoms with Gasteiger partial charge in [0.15, 0.2) is 0 Å². The maximum absolute atomic E-state index is 12.0. The van der Waals surface area contributed by atoms with E-state index in [9.17, 15) is 4.79 Å². The molecule has 0 unspecified atom stereocenters. The van der Waals surface area contributed by atoms with Gasteiger partial charge in [-0.05, 0) is 25.0 Å². The van der Waals surface area contributed by atoms with Crippen LogP contribution in [0.3, 0.4) is 0 Å². The number of nitrogens with zero attached hydrogens (tertiary/aromatic N) is 2. The van der Waals surface area contributed by atoms with Gasteiger partial charge in [-0.15, -0.1) is 0 Å².